The Hall–Kier alpha value is -2.66. The number of esters is 1. The van der Waals surface area contributed by atoms with Crippen molar-refractivity contribution in [3.63, 3.8) is 0 Å². The van der Waals surface area contributed by atoms with Crippen LogP contribution in [0.3, 0.4) is 0 Å². The lowest BCUT2D eigenvalue weighted by molar-refractivity contribution is 0.0318. The second-order valence-electron chi connectivity index (χ2n) is 4.86. The average Bonchev–Trinajstić information content (AvgIpc) is 2.54. The Morgan fingerprint density at radius 1 is 0.913 bits per heavy atom. The van der Waals surface area contributed by atoms with E-state index in [0.29, 0.717) is 10.6 Å². The third kappa shape index (κ3) is 4.17. The van der Waals surface area contributed by atoms with Crippen molar-refractivity contribution in [2.24, 2.45) is 5.73 Å². The summed E-state index contributed by atoms with van der Waals surface area (Å²) in [5, 5.41) is 0.515. The van der Waals surface area contributed by atoms with Crippen LogP contribution in [-0.4, -0.2) is 23.8 Å². The van der Waals surface area contributed by atoms with Crippen molar-refractivity contribution in [1.29, 1.82) is 0 Å². The van der Waals surface area contributed by atoms with Crippen LogP contribution in [0, 0.1) is 0 Å². The Bertz CT molecular complexity index is 738. The number of hydrogen-bond donors (Lipinski definition) is 1. The maximum Gasteiger partial charge on any atom is 0.338 e. The maximum absolute atomic E-state index is 12.2. The quantitative estimate of drug-likeness (QED) is 0.674. The van der Waals surface area contributed by atoms with Crippen LogP contribution in [0.15, 0.2) is 48.5 Å². The number of halogens is 1. The standard InChI is InChI=1S/C17H14ClNO4/c1-10(15(20)11-6-8-14(18)9-7-11)23-17(22)13-4-2-12(3-5-13)16(19)21/h2-10H,1H3,(H2,19,21)/t10-/m1/s1. The Labute approximate surface area is 138 Å². The zero-order valence-corrected chi connectivity index (χ0v) is 13.0. The summed E-state index contributed by atoms with van der Waals surface area (Å²) in [5.41, 5.74) is 6.04. The van der Waals surface area contributed by atoms with Crippen LogP contribution in [0.25, 0.3) is 0 Å². The van der Waals surface area contributed by atoms with Crippen LogP contribution >= 0.6 is 11.6 Å². The highest BCUT2D eigenvalue weighted by Gasteiger charge is 2.20. The van der Waals surface area contributed by atoms with E-state index in [9.17, 15) is 14.4 Å². The number of primary amides is 1. The summed E-state index contributed by atoms with van der Waals surface area (Å²) >= 11 is 5.77. The van der Waals surface area contributed by atoms with Gasteiger partial charge in [0.25, 0.3) is 0 Å². The molecule has 0 aromatic heterocycles. The topological polar surface area (TPSA) is 86.5 Å². The molecule has 0 bridgehead atoms. The molecule has 1 atom stereocenters. The zero-order valence-electron chi connectivity index (χ0n) is 12.3. The Morgan fingerprint density at radius 3 is 1.91 bits per heavy atom. The van der Waals surface area contributed by atoms with Gasteiger partial charge in [0, 0.05) is 16.1 Å². The number of ether oxygens (including phenoxy) is 1. The number of nitrogens with two attached hydrogens (primary N) is 1. The maximum atomic E-state index is 12.2. The highest BCUT2D eigenvalue weighted by Crippen LogP contribution is 2.14. The normalized spacial score (nSPS) is 11.6. The SMILES string of the molecule is C[C@@H](OC(=O)c1ccc(C(N)=O)cc1)C(=O)c1ccc(Cl)cc1. The molecule has 0 saturated carbocycles. The fourth-order valence-electron chi connectivity index (χ4n) is 1.90. The fourth-order valence-corrected chi connectivity index (χ4v) is 2.03. The molecule has 6 heteroatoms. The summed E-state index contributed by atoms with van der Waals surface area (Å²) < 4.78 is 5.15. The van der Waals surface area contributed by atoms with Gasteiger partial charge in [-0.1, -0.05) is 11.6 Å². The molecule has 2 aromatic rings. The number of carbonyl (C=O) groups is 3. The molecule has 1 amide bonds. The van der Waals surface area contributed by atoms with Gasteiger partial charge in [-0.05, 0) is 55.5 Å². The zero-order chi connectivity index (χ0) is 17.0. The van der Waals surface area contributed by atoms with E-state index in [2.05, 4.69) is 0 Å². The Morgan fingerprint density at radius 2 is 1.39 bits per heavy atom. The smallest absolute Gasteiger partial charge is 0.338 e. The van der Waals surface area contributed by atoms with Gasteiger partial charge in [-0.25, -0.2) is 4.79 Å². The lowest BCUT2D eigenvalue weighted by Gasteiger charge is -2.12. The number of carbonyl (C=O) groups excluding carboxylic acids is 3. The summed E-state index contributed by atoms with van der Waals surface area (Å²) in [6.45, 7) is 1.49. The third-order valence-electron chi connectivity index (χ3n) is 3.19. The Balaban J connectivity index is 2.05. The molecule has 118 valence electrons. The molecule has 0 saturated heterocycles. The summed E-state index contributed by atoms with van der Waals surface area (Å²) in [4.78, 5) is 35.2. The van der Waals surface area contributed by atoms with Crippen LogP contribution in [0.4, 0.5) is 0 Å². The Kier molecular flexibility index (Phi) is 5.13. The van der Waals surface area contributed by atoms with Crippen molar-refractivity contribution in [3.05, 3.63) is 70.2 Å². The number of rotatable bonds is 5. The molecule has 2 N–H and O–H groups in total. The molecule has 2 rings (SSSR count). The van der Waals surface area contributed by atoms with Crippen molar-refractivity contribution < 1.29 is 19.1 Å². The predicted molar refractivity (Wildman–Crippen MR) is 85.6 cm³/mol. The summed E-state index contributed by atoms with van der Waals surface area (Å²) in [5.74, 6) is -1.57. The van der Waals surface area contributed by atoms with Gasteiger partial charge >= 0.3 is 5.97 Å². The molecular formula is C17H14ClNO4. The van der Waals surface area contributed by atoms with Gasteiger partial charge < -0.3 is 10.5 Å². The van der Waals surface area contributed by atoms with Gasteiger partial charge in [-0.2, -0.15) is 0 Å². The van der Waals surface area contributed by atoms with Gasteiger partial charge in [0.2, 0.25) is 11.7 Å². The molecule has 0 unspecified atom stereocenters. The summed E-state index contributed by atoms with van der Waals surface area (Å²) in [7, 11) is 0. The number of benzene rings is 2. The first-order valence-corrected chi connectivity index (χ1v) is 7.17. The van der Waals surface area contributed by atoms with Crippen molar-refractivity contribution >= 4 is 29.3 Å². The third-order valence-corrected chi connectivity index (χ3v) is 3.44. The van der Waals surface area contributed by atoms with Gasteiger partial charge in [0.15, 0.2) is 6.10 Å². The number of hydrogen-bond acceptors (Lipinski definition) is 4. The minimum absolute atomic E-state index is 0.228. The van der Waals surface area contributed by atoms with Gasteiger partial charge in [-0.15, -0.1) is 0 Å². The predicted octanol–water partition coefficient (Wildman–Crippen LogP) is 2.87. The van der Waals surface area contributed by atoms with E-state index in [1.807, 2.05) is 0 Å². The van der Waals surface area contributed by atoms with E-state index >= 15 is 0 Å². The highest BCUT2D eigenvalue weighted by atomic mass is 35.5. The molecule has 0 radical (unpaired) electrons. The first-order chi connectivity index (χ1) is 10.9. The largest absolute Gasteiger partial charge is 0.451 e. The first-order valence-electron chi connectivity index (χ1n) is 6.79. The van der Waals surface area contributed by atoms with Crippen molar-refractivity contribution in [1.82, 2.24) is 0 Å². The monoisotopic (exact) mass is 331 g/mol. The van der Waals surface area contributed by atoms with Crippen LogP contribution in [0.1, 0.15) is 38.0 Å². The van der Waals surface area contributed by atoms with Crippen LogP contribution in [0.5, 0.6) is 0 Å². The van der Waals surface area contributed by atoms with Gasteiger partial charge in [0.05, 0.1) is 5.56 Å². The molecule has 0 aliphatic heterocycles. The fraction of sp³-hybridized carbons (Fsp3) is 0.118. The molecule has 0 fully saturated rings. The molecule has 23 heavy (non-hydrogen) atoms. The van der Waals surface area contributed by atoms with Gasteiger partial charge in [-0.3, -0.25) is 9.59 Å². The van der Waals surface area contributed by atoms with Crippen LogP contribution < -0.4 is 5.73 Å². The average molecular weight is 332 g/mol. The minimum Gasteiger partial charge on any atom is -0.451 e. The van der Waals surface area contributed by atoms with Crippen molar-refractivity contribution in [2.75, 3.05) is 0 Å². The minimum atomic E-state index is -0.945. The van der Waals surface area contributed by atoms with Crippen molar-refractivity contribution in [2.45, 2.75) is 13.0 Å². The second-order valence-corrected chi connectivity index (χ2v) is 5.30. The first kappa shape index (κ1) is 16.7. The number of Topliss-reactive ketones (excluding diaryl/α,β-unsaturated/α-hetero) is 1. The van der Waals surface area contributed by atoms with E-state index in [1.54, 1.807) is 24.3 Å². The molecule has 0 aliphatic rings. The van der Waals surface area contributed by atoms with Crippen LogP contribution in [0.2, 0.25) is 5.02 Å². The molecule has 5 nitrogen and oxygen atoms in total. The molecule has 0 heterocycles. The lowest BCUT2D eigenvalue weighted by atomic mass is 10.1. The molecule has 0 spiro atoms. The van der Waals surface area contributed by atoms with E-state index in [0.717, 1.165) is 0 Å². The second kappa shape index (κ2) is 7.07. The molecule has 0 aliphatic carbocycles. The van der Waals surface area contributed by atoms with E-state index < -0.39 is 18.0 Å². The van der Waals surface area contributed by atoms with Crippen LogP contribution in [-0.2, 0) is 4.74 Å². The summed E-state index contributed by atoms with van der Waals surface area (Å²) in [6.07, 6.45) is -0.945. The van der Waals surface area contributed by atoms with E-state index in [-0.39, 0.29) is 16.9 Å². The number of ketones is 1. The van der Waals surface area contributed by atoms with E-state index in [4.69, 9.17) is 22.1 Å². The lowest BCUT2D eigenvalue weighted by Crippen LogP contribution is -2.24. The summed E-state index contributed by atoms with van der Waals surface area (Å²) in [6, 6.07) is 12.0. The van der Waals surface area contributed by atoms with Gasteiger partial charge in [0.1, 0.15) is 0 Å². The molecular weight excluding hydrogens is 318 g/mol. The number of amides is 1. The molecule has 2 aromatic carbocycles. The van der Waals surface area contributed by atoms with E-state index in [1.165, 1.54) is 31.2 Å². The van der Waals surface area contributed by atoms with Crippen molar-refractivity contribution in [3.8, 4) is 0 Å². The highest BCUT2D eigenvalue weighted by molar-refractivity contribution is 6.30.